The Labute approximate surface area is 93.7 Å². The van der Waals surface area contributed by atoms with E-state index >= 15 is 0 Å². The van der Waals surface area contributed by atoms with Crippen LogP contribution in [-0.4, -0.2) is 23.3 Å². The number of rotatable bonds is 0. The summed E-state index contributed by atoms with van der Waals surface area (Å²) in [6, 6.07) is 2.60. The lowest BCUT2D eigenvalue weighted by atomic mass is 10.2. The maximum atomic E-state index is 10.6. The van der Waals surface area contributed by atoms with Gasteiger partial charge in [0.2, 0.25) is 0 Å². The Hall–Kier alpha value is -1.08. The van der Waals surface area contributed by atoms with Gasteiger partial charge in [-0.05, 0) is 29.9 Å². The lowest BCUT2D eigenvalue weighted by Crippen LogP contribution is -2.21. The minimum Gasteiger partial charge on any atom is -0.475 e. The second-order valence-corrected chi connectivity index (χ2v) is 4.34. The first-order chi connectivity index (χ1) is 7.30. The normalized spacial score (nSPS) is 18.6. The fourth-order valence-corrected chi connectivity index (χ4v) is 2.33. The summed E-state index contributed by atoms with van der Waals surface area (Å²) < 4.78 is 31.7. The summed E-state index contributed by atoms with van der Waals surface area (Å²) in [5, 5.41) is 9.27. The molecule has 0 radical (unpaired) electrons. The van der Waals surface area contributed by atoms with Gasteiger partial charge in [0.1, 0.15) is 0 Å². The van der Waals surface area contributed by atoms with Gasteiger partial charge in [-0.1, -0.05) is 0 Å². The summed E-state index contributed by atoms with van der Waals surface area (Å²) in [7, 11) is 0. The van der Waals surface area contributed by atoms with Gasteiger partial charge in [0.05, 0.1) is 0 Å². The molecule has 90 valence electrons. The molecule has 3 nitrogen and oxygen atoms in total. The molecule has 0 saturated heterocycles. The molecule has 16 heavy (non-hydrogen) atoms. The van der Waals surface area contributed by atoms with Gasteiger partial charge in [0, 0.05) is 10.9 Å². The van der Waals surface area contributed by atoms with Crippen LogP contribution in [0.5, 0.6) is 0 Å². The predicted molar refractivity (Wildman–Crippen MR) is 53.4 cm³/mol. The predicted octanol–water partition coefficient (Wildman–Crippen LogP) is 1.81. The Morgan fingerprint density at radius 3 is 2.50 bits per heavy atom. The number of aliphatic carboxylic acids is 1. The molecule has 0 amide bonds. The number of hydrogen-bond donors (Lipinski definition) is 2. The summed E-state index contributed by atoms with van der Waals surface area (Å²) in [5.74, 6) is -2.76. The number of halogens is 3. The number of carbonyl (C=O) groups is 1. The third-order valence-electron chi connectivity index (χ3n) is 2.01. The Balaban J connectivity index is 0.000000168. The summed E-state index contributed by atoms with van der Waals surface area (Å²) in [6.45, 7) is 0. The van der Waals surface area contributed by atoms with Gasteiger partial charge < -0.3 is 10.8 Å². The summed E-state index contributed by atoms with van der Waals surface area (Å²) in [5.41, 5.74) is 7.22. The van der Waals surface area contributed by atoms with Gasteiger partial charge in [0.25, 0.3) is 0 Å². The van der Waals surface area contributed by atoms with Crippen LogP contribution >= 0.6 is 11.3 Å². The van der Waals surface area contributed by atoms with E-state index in [4.69, 9.17) is 15.6 Å². The Morgan fingerprint density at radius 2 is 2.06 bits per heavy atom. The van der Waals surface area contributed by atoms with Crippen LogP contribution in [0.3, 0.4) is 0 Å². The van der Waals surface area contributed by atoms with Crippen molar-refractivity contribution in [2.24, 2.45) is 5.73 Å². The van der Waals surface area contributed by atoms with Gasteiger partial charge in [-0.3, -0.25) is 0 Å². The van der Waals surface area contributed by atoms with Crippen LogP contribution in [0.1, 0.15) is 10.4 Å². The van der Waals surface area contributed by atoms with Crippen LogP contribution in [-0.2, 0) is 17.6 Å². The Bertz CT molecular complexity index is 355. The first kappa shape index (κ1) is 13.0. The van der Waals surface area contributed by atoms with Gasteiger partial charge >= 0.3 is 12.1 Å². The fourth-order valence-electron chi connectivity index (χ4n) is 1.32. The smallest absolute Gasteiger partial charge is 0.475 e. The van der Waals surface area contributed by atoms with Gasteiger partial charge in [0.15, 0.2) is 0 Å². The van der Waals surface area contributed by atoms with E-state index in [1.54, 1.807) is 0 Å². The third kappa shape index (κ3) is 3.49. The monoisotopic (exact) mass is 253 g/mol. The highest BCUT2D eigenvalue weighted by Crippen LogP contribution is 2.25. The Kier molecular flexibility index (Phi) is 3.93. The van der Waals surface area contributed by atoms with Gasteiger partial charge in [-0.2, -0.15) is 13.2 Å². The van der Waals surface area contributed by atoms with E-state index in [1.807, 2.05) is 11.3 Å². The maximum absolute atomic E-state index is 10.6. The van der Waals surface area contributed by atoms with Crippen molar-refractivity contribution in [3.8, 4) is 0 Å². The highest BCUT2D eigenvalue weighted by Gasteiger charge is 2.38. The number of thiophene rings is 1. The van der Waals surface area contributed by atoms with Crippen molar-refractivity contribution in [1.82, 2.24) is 0 Å². The molecule has 7 heteroatoms. The zero-order chi connectivity index (χ0) is 12.3. The number of fused-ring (bicyclic) bond motifs is 1. The molecule has 1 unspecified atom stereocenters. The highest BCUT2D eigenvalue weighted by molar-refractivity contribution is 7.10. The molecule has 1 aliphatic carbocycles. The van der Waals surface area contributed by atoms with Crippen LogP contribution in [0.2, 0.25) is 0 Å². The summed E-state index contributed by atoms with van der Waals surface area (Å²) >= 11 is 1.84. The SMILES string of the molecule is NC1Cc2ccsc2C1.O=C(O)C(F)(F)F. The molecule has 2 rings (SSSR count). The molecule has 1 heterocycles. The largest absolute Gasteiger partial charge is 0.490 e. The first-order valence-corrected chi connectivity index (χ1v) is 5.29. The molecule has 0 saturated carbocycles. The van der Waals surface area contributed by atoms with Gasteiger partial charge in [-0.25, -0.2) is 4.79 Å². The molecular weight excluding hydrogens is 243 g/mol. The third-order valence-corrected chi connectivity index (χ3v) is 3.00. The molecule has 1 aromatic rings. The van der Waals surface area contributed by atoms with Crippen molar-refractivity contribution in [3.63, 3.8) is 0 Å². The van der Waals surface area contributed by atoms with Crippen molar-refractivity contribution >= 4 is 17.3 Å². The first-order valence-electron chi connectivity index (χ1n) is 4.41. The number of alkyl halides is 3. The van der Waals surface area contributed by atoms with Crippen LogP contribution < -0.4 is 5.73 Å². The quantitative estimate of drug-likeness (QED) is 0.741. The number of carboxylic acids is 1. The molecule has 0 aromatic carbocycles. The van der Waals surface area contributed by atoms with E-state index in [-0.39, 0.29) is 0 Å². The molecule has 0 aliphatic heterocycles. The zero-order valence-corrected chi connectivity index (χ0v) is 8.94. The van der Waals surface area contributed by atoms with Crippen molar-refractivity contribution in [2.45, 2.75) is 25.1 Å². The van der Waals surface area contributed by atoms with E-state index in [1.165, 1.54) is 10.4 Å². The molecule has 1 atom stereocenters. The molecule has 0 fully saturated rings. The van der Waals surface area contributed by atoms with E-state index in [0.29, 0.717) is 6.04 Å². The van der Waals surface area contributed by atoms with Gasteiger partial charge in [-0.15, -0.1) is 11.3 Å². The molecule has 3 N–H and O–H groups in total. The van der Waals surface area contributed by atoms with Crippen LogP contribution in [0.25, 0.3) is 0 Å². The summed E-state index contributed by atoms with van der Waals surface area (Å²) in [6.07, 6.45) is -2.88. The molecule has 1 aromatic heterocycles. The fraction of sp³-hybridized carbons (Fsp3) is 0.444. The molecule has 0 bridgehead atoms. The summed E-state index contributed by atoms with van der Waals surface area (Å²) in [4.78, 5) is 10.4. The van der Waals surface area contributed by atoms with E-state index in [2.05, 4.69) is 11.4 Å². The lowest BCUT2D eigenvalue weighted by molar-refractivity contribution is -0.192. The maximum Gasteiger partial charge on any atom is 0.490 e. The van der Waals surface area contributed by atoms with Crippen molar-refractivity contribution in [1.29, 1.82) is 0 Å². The number of nitrogens with two attached hydrogens (primary N) is 1. The average Bonchev–Trinajstić information content (AvgIpc) is 2.62. The van der Waals surface area contributed by atoms with Crippen LogP contribution in [0.4, 0.5) is 13.2 Å². The molecule has 1 aliphatic rings. The van der Waals surface area contributed by atoms with E-state index in [0.717, 1.165) is 12.8 Å². The Morgan fingerprint density at radius 1 is 1.50 bits per heavy atom. The molecule has 0 spiro atoms. The van der Waals surface area contributed by atoms with Crippen molar-refractivity contribution in [3.05, 3.63) is 21.9 Å². The van der Waals surface area contributed by atoms with Crippen LogP contribution in [0.15, 0.2) is 11.4 Å². The number of carboxylic acid groups (broad SMARTS) is 1. The van der Waals surface area contributed by atoms with Crippen LogP contribution in [0, 0.1) is 0 Å². The minimum atomic E-state index is -5.08. The van der Waals surface area contributed by atoms with E-state index in [9.17, 15) is 13.2 Å². The lowest BCUT2D eigenvalue weighted by Gasteiger charge is -1.95. The van der Waals surface area contributed by atoms with Crippen molar-refractivity contribution < 1.29 is 23.1 Å². The highest BCUT2D eigenvalue weighted by atomic mass is 32.1. The number of hydrogen-bond acceptors (Lipinski definition) is 3. The second-order valence-electron chi connectivity index (χ2n) is 3.34. The second kappa shape index (κ2) is 4.84. The van der Waals surface area contributed by atoms with Crippen molar-refractivity contribution in [2.75, 3.05) is 0 Å². The minimum absolute atomic E-state index is 0.410. The molecular formula is C9H10F3NO2S. The topological polar surface area (TPSA) is 63.3 Å². The van der Waals surface area contributed by atoms with E-state index < -0.39 is 12.1 Å². The zero-order valence-electron chi connectivity index (χ0n) is 8.12. The average molecular weight is 253 g/mol. The standard InChI is InChI=1S/C7H9NS.C2HF3O2/c8-6-3-5-1-2-9-7(5)4-6;3-2(4,5)1(6)7/h1-2,6H,3-4,8H2;(H,6,7).